The Hall–Kier alpha value is -3.41. The Morgan fingerprint density at radius 2 is 1.78 bits per heavy atom. The van der Waals surface area contributed by atoms with E-state index in [4.69, 9.17) is 0 Å². The molecule has 0 unspecified atom stereocenters. The van der Waals surface area contributed by atoms with Gasteiger partial charge in [0.05, 0.1) is 6.33 Å². The molecule has 2 aromatic carbocycles. The van der Waals surface area contributed by atoms with Crippen molar-refractivity contribution in [1.82, 2.24) is 14.9 Å². The van der Waals surface area contributed by atoms with Crippen LogP contribution in [0.1, 0.15) is 38.8 Å². The molecule has 3 rings (SSSR count). The van der Waals surface area contributed by atoms with Gasteiger partial charge in [-0.3, -0.25) is 9.59 Å². The van der Waals surface area contributed by atoms with E-state index in [0.717, 1.165) is 11.1 Å². The van der Waals surface area contributed by atoms with Crippen molar-refractivity contribution in [2.24, 2.45) is 0 Å². The van der Waals surface area contributed by atoms with E-state index in [9.17, 15) is 9.59 Å². The SMILES string of the molecule is CCNC(=O)c1ccc(C)c(NC(=O)c2ccc(Cn3ccnc3)cc2)c1. The predicted octanol–water partition coefficient (Wildman–Crippen LogP) is 3.24. The zero-order valence-electron chi connectivity index (χ0n) is 15.4. The number of imidazole rings is 1. The standard InChI is InChI=1S/C21H22N4O2/c1-3-23-20(26)18-7-4-15(2)19(12-18)24-21(27)17-8-5-16(6-9-17)13-25-11-10-22-14-25/h4-12,14H,3,13H2,1-2H3,(H,23,26)(H,24,27). The van der Waals surface area contributed by atoms with Gasteiger partial charge in [0.1, 0.15) is 0 Å². The van der Waals surface area contributed by atoms with Crippen LogP contribution in [-0.2, 0) is 6.54 Å². The quantitative estimate of drug-likeness (QED) is 0.707. The van der Waals surface area contributed by atoms with Crippen LogP contribution in [0, 0.1) is 6.92 Å². The van der Waals surface area contributed by atoms with Gasteiger partial charge in [-0.1, -0.05) is 18.2 Å². The van der Waals surface area contributed by atoms with Gasteiger partial charge in [-0.15, -0.1) is 0 Å². The van der Waals surface area contributed by atoms with E-state index in [1.165, 1.54) is 0 Å². The summed E-state index contributed by atoms with van der Waals surface area (Å²) >= 11 is 0. The van der Waals surface area contributed by atoms with Crippen molar-refractivity contribution in [3.05, 3.63) is 83.4 Å². The lowest BCUT2D eigenvalue weighted by Gasteiger charge is -2.11. The summed E-state index contributed by atoms with van der Waals surface area (Å²) in [6.07, 6.45) is 5.38. The fourth-order valence-corrected chi connectivity index (χ4v) is 2.71. The molecule has 3 aromatic rings. The van der Waals surface area contributed by atoms with Gasteiger partial charge in [-0.25, -0.2) is 4.98 Å². The zero-order valence-corrected chi connectivity index (χ0v) is 15.4. The maximum absolute atomic E-state index is 12.6. The molecule has 2 N–H and O–H groups in total. The molecule has 0 aliphatic rings. The highest BCUT2D eigenvalue weighted by atomic mass is 16.2. The summed E-state index contributed by atoms with van der Waals surface area (Å²) in [6.45, 7) is 5.02. The molecule has 0 fully saturated rings. The van der Waals surface area contributed by atoms with E-state index >= 15 is 0 Å². The Labute approximate surface area is 158 Å². The summed E-state index contributed by atoms with van der Waals surface area (Å²) in [6, 6.07) is 12.7. The number of hydrogen-bond donors (Lipinski definition) is 2. The number of benzene rings is 2. The normalized spacial score (nSPS) is 10.4. The second-order valence-electron chi connectivity index (χ2n) is 6.28. The maximum Gasteiger partial charge on any atom is 0.255 e. The number of nitrogens with zero attached hydrogens (tertiary/aromatic N) is 2. The van der Waals surface area contributed by atoms with Gasteiger partial charge in [0.2, 0.25) is 0 Å². The molecule has 0 bridgehead atoms. The molecule has 6 heteroatoms. The highest BCUT2D eigenvalue weighted by Crippen LogP contribution is 2.18. The van der Waals surface area contributed by atoms with Crippen LogP contribution in [0.15, 0.2) is 61.2 Å². The Balaban J connectivity index is 1.71. The van der Waals surface area contributed by atoms with Crippen LogP contribution in [0.25, 0.3) is 0 Å². The molecule has 0 aliphatic carbocycles. The molecule has 0 atom stereocenters. The van der Waals surface area contributed by atoms with Crippen molar-refractivity contribution in [2.75, 3.05) is 11.9 Å². The van der Waals surface area contributed by atoms with Crippen LogP contribution in [0.5, 0.6) is 0 Å². The van der Waals surface area contributed by atoms with Crippen molar-refractivity contribution in [3.8, 4) is 0 Å². The highest BCUT2D eigenvalue weighted by Gasteiger charge is 2.11. The predicted molar refractivity (Wildman–Crippen MR) is 105 cm³/mol. The third-order valence-corrected chi connectivity index (χ3v) is 4.23. The molecule has 0 saturated carbocycles. The minimum atomic E-state index is -0.208. The van der Waals surface area contributed by atoms with Crippen molar-refractivity contribution >= 4 is 17.5 Å². The average molecular weight is 362 g/mol. The van der Waals surface area contributed by atoms with Crippen LogP contribution in [0.2, 0.25) is 0 Å². The van der Waals surface area contributed by atoms with Crippen LogP contribution in [-0.4, -0.2) is 27.9 Å². The first-order valence-corrected chi connectivity index (χ1v) is 8.81. The number of anilines is 1. The molecule has 1 heterocycles. The topological polar surface area (TPSA) is 76.0 Å². The third kappa shape index (κ3) is 4.61. The van der Waals surface area contributed by atoms with Gasteiger partial charge in [0.25, 0.3) is 11.8 Å². The number of carbonyl (C=O) groups is 2. The summed E-state index contributed by atoms with van der Waals surface area (Å²) in [4.78, 5) is 28.6. The minimum Gasteiger partial charge on any atom is -0.352 e. The Morgan fingerprint density at radius 1 is 1.04 bits per heavy atom. The van der Waals surface area contributed by atoms with E-state index in [0.29, 0.717) is 29.9 Å². The maximum atomic E-state index is 12.6. The van der Waals surface area contributed by atoms with Crippen molar-refractivity contribution in [1.29, 1.82) is 0 Å². The summed E-state index contributed by atoms with van der Waals surface area (Å²) < 4.78 is 1.96. The van der Waals surface area contributed by atoms with E-state index in [-0.39, 0.29) is 11.8 Å². The molecular formula is C21H22N4O2. The first-order valence-electron chi connectivity index (χ1n) is 8.81. The average Bonchev–Trinajstić information content (AvgIpc) is 3.17. The van der Waals surface area contributed by atoms with Crippen LogP contribution >= 0.6 is 0 Å². The smallest absolute Gasteiger partial charge is 0.255 e. The van der Waals surface area contributed by atoms with Crippen molar-refractivity contribution in [3.63, 3.8) is 0 Å². The molecule has 0 aliphatic heterocycles. The second-order valence-corrected chi connectivity index (χ2v) is 6.28. The van der Waals surface area contributed by atoms with Gasteiger partial charge in [0.15, 0.2) is 0 Å². The minimum absolute atomic E-state index is 0.156. The summed E-state index contributed by atoms with van der Waals surface area (Å²) in [7, 11) is 0. The molecular weight excluding hydrogens is 340 g/mol. The molecule has 1 aromatic heterocycles. The molecule has 2 amide bonds. The fraction of sp³-hybridized carbons (Fsp3) is 0.190. The summed E-state index contributed by atoms with van der Waals surface area (Å²) in [5.41, 5.74) is 3.69. The Bertz CT molecular complexity index is 931. The van der Waals surface area contributed by atoms with Crippen LogP contribution < -0.4 is 10.6 Å². The fourth-order valence-electron chi connectivity index (χ4n) is 2.71. The Morgan fingerprint density at radius 3 is 2.44 bits per heavy atom. The number of aryl methyl sites for hydroxylation is 1. The van der Waals surface area contributed by atoms with E-state index in [2.05, 4.69) is 15.6 Å². The number of rotatable bonds is 6. The van der Waals surface area contributed by atoms with Gasteiger partial charge in [-0.05, 0) is 49.2 Å². The first kappa shape index (κ1) is 18.4. The van der Waals surface area contributed by atoms with Gasteiger partial charge < -0.3 is 15.2 Å². The molecule has 138 valence electrons. The number of hydrogen-bond acceptors (Lipinski definition) is 3. The van der Waals surface area contributed by atoms with E-state index in [1.54, 1.807) is 36.8 Å². The lowest BCUT2D eigenvalue weighted by Crippen LogP contribution is -2.23. The number of amides is 2. The first-order chi connectivity index (χ1) is 13.1. The summed E-state index contributed by atoms with van der Waals surface area (Å²) in [5, 5.41) is 5.65. The van der Waals surface area contributed by atoms with Gasteiger partial charge in [-0.2, -0.15) is 0 Å². The lowest BCUT2D eigenvalue weighted by molar-refractivity contribution is 0.0954. The monoisotopic (exact) mass is 362 g/mol. The molecule has 27 heavy (non-hydrogen) atoms. The highest BCUT2D eigenvalue weighted by molar-refractivity contribution is 6.05. The van der Waals surface area contributed by atoms with Crippen LogP contribution in [0.3, 0.4) is 0 Å². The van der Waals surface area contributed by atoms with E-state index in [1.807, 2.05) is 42.8 Å². The van der Waals surface area contributed by atoms with Crippen molar-refractivity contribution in [2.45, 2.75) is 20.4 Å². The number of nitrogens with one attached hydrogen (secondary N) is 2. The molecule has 6 nitrogen and oxygen atoms in total. The molecule has 0 radical (unpaired) electrons. The largest absolute Gasteiger partial charge is 0.352 e. The molecule has 0 saturated heterocycles. The van der Waals surface area contributed by atoms with Gasteiger partial charge in [0, 0.05) is 42.3 Å². The number of carbonyl (C=O) groups excluding carboxylic acids is 2. The summed E-state index contributed by atoms with van der Waals surface area (Å²) in [5.74, 6) is -0.364. The third-order valence-electron chi connectivity index (χ3n) is 4.23. The lowest BCUT2D eigenvalue weighted by atomic mass is 10.1. The van der Waals surface area contributed by atoms with Crippen LogP contribution in [0.4, 0.5) is 5.69 Å². The second kappa shape index (κ2) is 8.31. The van der Waals surface area contributed by atoms with Crippen molar-refractivity contribution < 1.29 is 9.59 Å². The van der Waals surface area contributed by atoms with Gasteiger partial charge >= 0.3 is 0 Å². The number of aromatic nitrogens is 2. The van der Waals surface area contributed by atoms with E-state index < -0.39 is 0 Å². The molecule has 0 spiro atoms. The zero-order chi connectivity index (χ0) is 19.2. The Kier molecular flexibility index (Phi) is 5.66.